The number of hydrogen-bond acceptors (Lipinski definition) is 3. The number of carbonyl (C=O) groups is 1. The smallest absolute Gasteiger partial charge is 0.362 e. The lowest BCUT2D eigenvalue weighted by Crippen LogP contribution is -2.36. The number of nitrogens with zero attached hydrogens (tertiary/aromatic N) is 1. The van der Waals surface area contributed by atoms with Crippen LogP contribution >= 0.6 is 0 Å². The third-order valence-corrected chi connectivity index (χ3v) is 1.43. The van der Waals surface area contributed by atoms with Gasteiger partial charge in [-0.15, -0.1) is 0 Å². The van der Waals surface area contributed by atoms with Crippen molar-refractivity contribution in [2.24, 2.45) is 0 Å². The van der Waals surface area contributed by atoms with E-state index in [9.17, 15) is 18.0 Å². The fourth-order valence-electron chi connectivity index (χ4n) is 0.740. The monoisotopic (exact) mass is 223 g/mol. The Morgan fingerprint density at radius 1 is 1.60 bits per heavy atom. The Bertz CT molecular complexity index is 347. The number of carbonyl (C=O) groups excluding carboxylic acids is 1. The molecule has 2 N–H and O–H groups in total. The lowest BCUT2D eigenvalue weighted by molar-refractivity contribution is -0.122. The Balaban J connectivity index is 2.41. The van der Waals surface area contributed by atoms with E-state index in [-0.39, 0.29) is 5.82 Å². The molecule has 0 radical (unpaired) electrons. The van der Waals surface area contributed by atoms with Crippen LogP contribution in [0.3, 0.4) is 0 Å². The van der Waals surface area contributed by atoms with E-state index in [0.717, 1.165) is 0 Å². The van der Waals surface area contributed by atoms with Gasteiger partial charge < -0.3 is 9.84 Å². The Morgan fingerprint density at radius 2 is 2.27 bits per heavy atom. The van der Waals surface area contributed by atoms with Crippen molar-refractivity contribution in [2.45, 2.75) is 13.1 Å². The van der Waals surface area contributed by atoms with Crippen LogP contribution in [0.15, 0.2) is 10.8 Å². The average molecular weight is 223 g/mol. The Labute approximate surface area is 82.6 Å². The predicted octanol–water partition coefficient (Wildman–Crippen LogP) is 1.67. The summed E-state index contributed by atoms with van der Waals surface area (Å²) in [5, 5.41) is 7.11. The third-order valence-electron chi connectivity index (χ3n) is 1.43. The van der Waals surface area contributed by atoms with Crippen LogP contribution in [0.5, 0.6) is 0 Å². The van der Waals surface area contributed by atoms with Gasteiger partial charge in [-0.25, -0.2) is 4.79 Å². The number of rotatable bonds is 2. The molecule has 0 unspecified atom stereocenters. The second kappa shape index (κ2) is 4.20. The summed E-state index contributed by atoms with van der Waals surface area (Å²) in [6.45, 7) is 0.200. The largest absolute Gasteiger partial charge is 0.405 e. The molecule has 2 amide bonds. The molecule has 0 bridgehead atoms. The quantitative estimate of drug-likeness (QED) is 0.801. The first kappa shape index (κ1) is 11.3. The summed E-state index contributed by atoms with van der Waals surface area (Å²) in [6, 6.07) is -0.982. The molecule has 8 heteroatoms. The molecule has 1 aromatic heterocycles. The Morgan fingerprint density at radius 3 is 2.73 bits per heavy atom. The molecule has 0 aliphatic rings. The number of hydrogen-bond donors (Lipinski definition) is 2. The van der Waals surface area contributed by atoms with E-state index in [4.69, 9.17) is 0 Å². The molecular weight excluding hydrogens is 215 g/mol. The molecule has 15 heavy (non-hydrogen) atoms. The third kappa shape index (κ3) is 3.88. The highest BCUT2D eigenvalue weighted by Crippen LogP contribution is 2.13. The molecule has 1 rings (SSSR count). The summed E-state index contributed by atoms with van der Waals surface area (Å²) in [4.78, 5) is 10.9. The average Bonchev–Trinajstić information content (AvgIpc) is 2.47. The van der Waals surface area contributed by atoms with E-state index < -0.39 is 18.8 Å². The summed E-state index contributed by atoms with van der Waals surface area (Å²) in [5.41, 5.74) is 0.525. The number of alkyl halides is 3. The highest BCUT2D eigenvalue weighted by molar-refractivity contribution is 5.88. The standard InChI is InChI=1S/C7H8F3N3O2/c1-4-2-15-13-5(4)12-6(14)11-3-7(8,9)10/h2H,3H2,1H3,(H2,11,12,13,14). The molecule has 0 aliphatic heterocycles. The van der Waals surface area contributed by atoms with Crippen LogP contribution in [-0.2, 0) is 0 Å². The van der Waals surface area contributed by atoms with Gasteiger partial charge in [-0.2, -0.15) is 13.2 Å². The van der Waals surface area contributed by atoms with E-state index in [1.807, 2.05) is 0 Å². The Hall–Kier alpha value is -1.73. The molecule has 0 aromatic carbocycles. The minimum Gasteiger partial charge on any atom is -0.362 e. The van der Waals surface area contributed by atoms with Crippen LogP contribution in [0, 0.1) is 6.92 Å². The molecule has 0 spiro atoms. The van der Waals surface area contributed by atoms with Gasteiger partial charge in [0, 0.05) is 5.56 Å². The van der Waals surface area contributed by atoms with Crippen molar-refractivity contribution in [1.82, 2.24) is 10.5 Å². The van der Waals surface area contributed by atoms with Gasteiger partial charge in [0.25, 0.3) is 0 Å². The zero-order valence-electron chi connectivity index (χ0n) is 7.68. The molecule has 0 fully saturated rings. The molecule has 1 aromatic rings. The van der Waals surface area contributed by atoms with Gasteiger partial charge in [0.05, 0.1) is 0 Å². The zero-order valence-corrected chi connectivity index (χ0v) is 7.68. The summed E-state index contributed by atoms with van der Waals surface area (Å²) < 4.78 is 39.6. The van der Waals surface area contributed by atoms with E-state index in [1.54, 1.807) is 12.2 Å². The minimum absolute atomic E-state index is 0.0923. The van der Waals surface area contributed by atoms with Crippen molar-refractivity contribution in [3.8, 4) is 0 Å². The van der Waals surface area contributed by atoms with E-state index in [0.29, 0.717) is 5.56 Å². The summed E-state index contributed by atoms with van der Waals surface area (Å²) in [5.74, 6) is 0.0923. The zero-order chi connectivity index (χ0) is 11.5. The van der Waals surface area contributed by atoms with Crippen LogP contribution in [0.2, 0.25) is 0 Å². The lowest BCUT2D eigenvalue weighted by atomic mass is 10.4. The maximum Gasteiger partial charge on any atom is 0.405 e. The topological polar surface area (TPSA) is 67.2 Å². The van der Waals surface area contributed by atoms with E-state index in [2.05, 4.69) is 15.0 Å². The molecule has 1 heterocycles. The van der Waals surface area contributed by atoms with Crippen molar-refractivity contribution >= 4 is 11.8 Å². The fraction of sp³-hybridized carbons (Fsp3) is 0.429. The summed E-state index contributed by atoms with van der Waals surface area (Å²) in [6.07, 6.45) is -3.17. The normalized spacial score (nSPS) is 11.2. The number of anilines is 1. The molecule has 0 aliphatic carbocycles. The number of amides is 2. The number of halogens is 3. The van der Waals surface area contributed by atoms with Gasteiger partial charge in [0.1, 0.15) is 12.8 Å². The van der Waals surface area contributed by atoms with Gasteiger partial charge in [0.15, 0.2) is 5.82 Å². The van der Waals surface area contributed by atoms with Gasteiger partial charge in [-0.05, 0) is 6.92 Å². The molecule has 84 valence electrons. The van der Waals surface area contributed by atoms with Crippen LogP contribution in [0.4, 0.5) is 23.8 Å². The first-order chi connectivity index (χ1) is 6.88. The first-order valence-corrected chi connectivity index (χ1v) is 3.91. The maximum atomic E-state index is 11.7. The Kier molecular flexibility index (Phi) is 3.17. The molecular formula is C7H8F3N3O2. The fourth-order valence-corrected chi connectivity index (χ4v) is 0.740. The molecule has 0 saturated heterocycles. The SMILES string of the molecule is Cc1conc1NC(=O)NCC(F)(F)F. The number of nitrogens with one attached hydrogen (secondary N) is 2. The maximum absolute atomic E-state index is 11.7. The number of urea groups is 1. The van der Waals surface area contributed by atoms with Crippen molar-refractivity contribution in [2.75, 3.05) is 11.9 Å². The molecule has 0 saturated carbocycles. The first-order valence-electron chi connectivity index (χ1n) is 3.91. The van der Waals surface area contributed by atoms with Crippen LogP contribution in [0.25, 0.3) is 0 Å². The van der Waals surface area contributed by atoms with E-state index in [1.165, 1.54) is 6.26 Å². The summed E-state index contributed by atoms with van der Waals surface area (Å²) in [7, 11) is 0. The second-order valence-corrected chi connectivity index (χ2v) is 2.77. The van der Waals surface area contributed by atoms with Crippen LogP contribution < -0.4 is 10.6 Å². The van der Waals surface area contributed by atoms with Crippen LogP contribution in [0.1, 0.15) is 5.56 Å². The highest BCUT2D eigenvalue weighted by Gasteiger charge is 2.27. The van der Waals surface area contributed by atoms with Crippen molar-refractivity contribution in [3.63, 3.8) is 0 Å². The van der Waals surface area contributed by atoms with Gasteiger partial charge >= 0.3 is 12.2 Å². The van der Waals surface area contributed by atoms with E-state index >= 15 is 0 Å². The second-order valence-electron chi connectivity index (χ2n) is 2.77. The van der Waals surface area contributed by atoms with Crippen molar-refractivity contribution in [1.29, 1.82) is 0 Å². The van der Waals surface area contributed by atoms with Gasteiger partial charge in [0.2, 0.25) is 0 Å². The highest BCUT2D eigenvalue weighted by atomic mass is 19.4. The summed E-state index contributed by atoms with van der Waals surface area (Å²) >= 11 is 0. The molecule has 0 atom stereocenters. The van der Waals surface area contributed by atoms with Gasteiger partial charge in [-0.1, -0.05) is 5.16 Å². The number of aromatic nitrogens is 1. The van der Waals surface area contributed by atoms with Crippen molar-refractivity contribution in [3.05, 3.63) is 11.8 Å². The lowest BCUT2D eigenvalue weighted by Gasteiger charge is -2.08. The number of aryl methyl sites for hydroxylation is 1. The molecule has 5 nitrogen and oxygen atoms in total. The van der Waals surface area contributed by atoms with Crippen LogP contribution in [-0.4, -0.2) is 23.9 Å². The van der Waals surface area contributed by atoms with Gasteiger partial charge in [-0.3, -0.25) is 5.32 Å². The van der Waals surface area contributed by atoms with Crippen molar-refractivity contribution < 1.29 is 22.5 Å². The minimum atomic E-state index is -4.43. The predicted molar refractivity (Wildman–Crippen MR) is 44.3 cm³/mol.